The predicted octanol–water partition coefficient (Wildman–Crippen LogP) is 10.7. The van der Waals surface area contributed by atoms with Gasteiger partial charge >= 0.3 is 12.1 Å². The normalized spacial score (nSPS) is 11.6. The third-order valence-electron chi connectivity index (χ3n) is 10.3. The zero-order valence-electron chi connectivity index (χ0n) is 33.9. The number of urea groups is 2. The molecule has 0 bridgehead atoms. The second kappa shape index (κ2) is 17.3. The predicted molar refractivity (Wildman–Crippen MR) is 242 cm³/mol. The SMILES string of the molecule is CC(C)(CCC(C)(C)c1cc(NC(=O)Nc2ccc(NC(=O)c3cccc4nsnc34)cc2)no1)c1cc(NC(=O)Nc2ccc(NC(=O)c3ccc4sccc4c3)cc2)no1. The lowest BCUT2D eigenvalue weighted by Crippen LogP contribution is -2.24. The zero-order chi connectivity index (χ0) is 43.4. The fourth-order valence-corrected chi connectivity index (χ4v) is 7.83. The van der Waals surface area contributed by atoms with Gasteiger partial charge in [-0.1, -0.05) is 44.1 Å². The molecule has 62 heavy (non-hydrogen) atoms. The van der Waals surface area contributed by atoms with Gasteiger partial charge < -0.3 is 30.3 Å². The van der Waals surface area contributed by atoms with Crippen molar-refractivity contribution < 1.29 is 28.2 Å². The number of nitrogens with zero attached hydrogens (tertiary/aromatic N) is 4. The van der Waals surface area contributed by atoms with Gasteiger partial charge in [-0.25, -0.2) is 9.59 Å². The Labute approximate surface area is 362 Å². The number of thiophene rings is 1. The van der Waals surface area contributed by atoms with Crippen molar-refractivity contribution in [3.05, 3.63) is 131 Å². The zero-order valence-corrected chi connectivity index (χ0v) is 35.5. The Balaban J connectivity index is 0.782. The summed E-state index contributed by atoms with van der Waals surface area (Å²) < 4.78 is 20.8. The number of nitrogens with one attached hydrogen (secondary N) is 6. The second-order valence-corrected chi connectivity index (χ2v) is 17.2. The molecule has 0 fully saturated rings. The smallest absolute Gasteiger partial charge is 0.324 e. The molecule has 0 spiro atoms. The van der Waals surface area contributed by atoms with Gasteiger partial charge in [-0.2, -0.15) is 8.75 Å². The highest BCUT2D eigenvalue weighted by Gasteiger charge is 2.33. The molecule has 18 heteroatoms. The molecule has 0 aliphatic heterocycles. The van der Waals surface area contributed by atoms with E-state index in [1.54, 1.807) is 96.3 Å². The number of anilines is 6. The Morgan fingerprint density at radius 1 is 0.581 bits per heavy atom. The summed E-state index contributed by atoms with van der Waals surface area (Å²) in [4.78, 5) is 51.3. The number of carbonyl (C=O) groups excluding carboxylic acids is 4. The minimum Gasteiger partial charge on any atom is -0.359 e. The first kappa shape index (κ1) is 41.3. The topological polar surface area (TPSA) is 218 Å². The molecule has 8 rings (SSSR count). The average Bonchev–Trinajstić information content (AvgIpc) is 4.09. The van der Waals surface area contributed by atoms with Gasteiger partial charge in [0.2, 0.25) is 0 Å². The van der Waals surface area contributed by atoms with Crippen LogP contribution in [0, 0.1) is 0 Å². The number of benzene rings is 4. The summed E-state index contributed by atoms with van der Waals surface area (Å²) in [6.45, 7) is 8.08. The third kappa shape index (κ3) is 9.61. The van der Waals surface area contributed by atoms with Crippen LogP contribution in [-0.2, 0) is 10.8 Å². The van der Waals surface area contributed by atoms with E-state index in [-0.39, 0.29) is 23.5 Å². The number of hydrogen-bond acceptors (Lipinski definition) is 12. The van der Waals surface area contributed by atoms with Crippen molar-refractivity contribution in [2.45, 2.75) is 51.4 Å². The Hall–Kier alpha value is -7.44. The van der Waals surface area contributed by atoms with Gasteiger partial charge in [0, 0.05) is 56.0 Å². The molecule has 6 N–H and O–H groups in total. The monoisotopic (exact) mass is 868 g/mol. The van der Waals surface area contributed by atoms with E-state index >= 15 is 0 Å². The van der Waals surface area contributed by atoms with Crippen LogP contribution in [-0.4, -0.2) is 42.9 Å². The highest BCUT2D eigenvalue weighted by molar-refractivity contribution is 7.17. The molecule has 16 nitrogen and oxygen atoms in total. The fraction of sp³-hybridized carbons (Fsp3) is 0.182. The molecule has 6 amide bonds. The van der Waals surface area contributed by atoms with Crippen LogP contribution >= 0.6 is 23.1 Å². The van der Waals surface area contributed by atoms with Crippen LogP contribution in [0.1, 0.15) is 72.8 Å². The Bertz CT molecular complexity index is 2910. The molecule has 0 radical (unpaired) electrons. The van der Waals surface area contributed by atoms with Crippen molar-refractivity contribution in [3.63, 3.8) is 0 Å². The van der Waals surface area contributed by atoms with E-state index in [2.05, 4.69) is 51.0 Å². The summed E-state index contributed by atoms with van der Waals surface area (Å²) >= 11 is 2.67. The number of aromatic nitrogens is 4. The van der Waals surface area contributed by atoms with Crippen molar-refractivity contribution in [2.75, 3.05) is 31.9 Å². The minimum atomic E-state index is -0.519. The molecule has 0 unspecified atom stereocenters. The van der Waals surface area contributed by atoms with Crippen LogP contribution in [0.4, 0.5) is 44.0 Å². The van der Waals surface area contributed by atoms with Crippen molar-refractivity contribution in [2.24, 2.45) is 0 Å². The molecule has 0 atom stereocenters. The van der Waals surface area contributed by atoms with Gasteiger partial charge in [0.05, 0.1) is 17.3 Å². The Morgan fingerprint density at radius 2 is 1.11 bits per heavy atom. The molecule has 4 aromatic heterocycles. The highest BCUT2D eigenvalue weighted by Crippen LogP contribution is 2.37. The number of amides is 6. The van der Waals surface area contributed by atoms with Gasteiger partial charge in [-0.05, 0) is 109 Å². The summed E-state index contributed by atoms with van der Waals surface area (Å²) in [5.74, 6) is 1.12. The number of carbonyl (C=O) groups is 4. The summed E-state index contributed by atoms with van der Waals surface area (Å²) in [5.41, 5.74) is 3.40. The first-order valence-electron chi connectivity index (χ1n) is 19.4. The van der Waals surface area contributed by atoms with Crippen LogP contribution in [0.5, 0.6) is 0 Å². The fourth-order valence-electron chi connectivity index (χ4n) is 6.51. The first-order chi connectivity index (χ1) is 29.8. The summed E-state index contributed by atoms with van der Waals surface area (Å²) in [6.07, 6.45) is 1.31. The molecule has 0 aliphatic carbocycles. The Kier molecular flexibility index (Phi) is 11.5. The van der Waals surface area contributed by atoms with E-state index in [1.165, 1.54) is 0 Å². The lowest BCUT2D eigenvalue weighted by Gasteiger charge is -2.27. The number of fused-ring (bicyclic) bond motifs is 2. The van der Waals surface area contributed by atoms with Gasteiger partial charge in [0.15, 0.2) is 11.6 Å². The summed E-state index contributed by atoms with van der Waals surface area (Å²) in [5, 5.41) is 27.8. The Morgan fingerprint density at radius 3 is 1.68 bits per heavy atom. The molecule has 8 aromatic rings. The molecular weight excluding hydrogens is 829 g/mol. The molecule has 314 valence electrons. The molecular formula is C44H40N10O6S2. The van der Waals surface area contributed by atoms with Crippen LogP contribution in [0.3, 0.4) is 0 Å². The summed E-state index contributed by atoms with van der Waals surface area (Å²) in [7, 11) is 0. The van der Waals surface area contributed by atoms with Crippen molar-refractivity contribution in [3.8, 4) is 0 Å². The molecule has 4 aromatic carbocycles. The van der Waals surface area contributed by atoms with Crippen LogP contribution in [0.25, 0.3) is 21.1 Å². The highest BCUT2D eigenvalue weighted by atomic mass is 32.1. The first-order valence-corrected chi connectivity index (χ1v) is 21.0. The van der Waals surface area contributed by atoms with Crippen molar-refractivity contribution in [1.82, 2.24) is 19.1 Å². The lowest BCUT2D eigenvalue weighted by molar-refractivity contribution is 0.101. The van der Waals surface area contributed by atoms with Gasteiger partial charge in [-0.3, -0.25) is 20.2 Å². The van der Waals surface area contributed by atoms with Gasteiger partial charge in [-0.15, -0.1) is 11.3 Å². The van der Waals surface area contributed by atoms with E-state index < -0.39 is 22.9 Å². The average molecular weight is 869 g/mol. The standard InChI is InChI=1S/C44H40N10O6S2/c1-43(2,34-23-36(51-59-34)49-41(57)47-29-13-9-27(10-14-29)45-39(55)26-8-17-33-25(22-26)18-21-61-33)19-20-44(3,4)35-24-37(52-60-35)50-42(58)48-30-15-11-28(12-16-30)46-40(56)31-6-5-7-32-38(31)54-62-53-32/h5-18,21-24H,19-20H2,1-4H3,(H,45,55)(H,46,56)(H2,47,49,51,57)(H2,48,50,52,58). The lowest BCUT2D eigenvalue weighted by atomic mass is 9.76. The maximum absolute atomic E-state index is 12.9. The molecule has 0 saturated heterocycles. The maximum atomic E-state index is 12.9. The third-order valence-corrected chi connectivity index (χ3v) is 11.7. The largest absolute Gasteiger partial charge is 0.359 e. The minimum absolute atomic E-state index is 0.224. The van der Waals surface area contributed by atoms with Crippen LogP contribution in [0.2, 0.25) is 0 Å². The quantitative estimate of drug-likeness (QED) is 0.0644. The summed E-state index contributed by atoms with van der Waals surface area (Å²) in [6, 6.07) is 28.7. The number of rotatable bonds is 13. The number of hydrogen-bond donors (Lipinski definition) is 6. The molecule has 4 heterocycles. The van der Waals surface area contributed by atoms with E-state index in [1.807, 2.05) is 51.3 Å². The van der Waals surface area contributed by atoms with Crippen molar-refractivity contribution in [1.29, 1.82) is 0 Å². The van der Waals surface area contributed by atoms with E-state index in [9.17, 15) is 19.2 Å². The second-order valence-electron chi connectivity index (χ2n) is 15.8. The molecule has 0 saturated carbocycles. The van der Waals surface area contributed by atoms with Gasteiger partial charge in [0.25, 0.3) is 11.8 Å². The van der Waals surface area contributed by atoms with E-state index in [0.29, 0.717) is 69.3 Å². The van der Waals surface area contributed by atoms with Gasteiger partial charge in [0.1, 0.15) is 22.6 Å². The van der Waals surface area contributed by atoms with E-state index in [4.69, 9.17) is 9.05 Å². The van der Waals surface area contributed by atoms with Crippen LogP contribution < -0.4 is 31.9 Å². The van der Waals surface area contributed by atoms with Crippen molar-refractivity contribution >= 4 is 102 Å². The van der Waals surface area contributed by atoms with Crippen LogP contribution in [0.15, 0.2) is 118 Å². The molecule has 0 aliphatic rings. The van der Waals surface area contributed by atoms with E-state index in [0.717, 1.165) is 21.8 Å². The maximum Gasteiger partial charge on any atom is 0.324 e.